The molecule has 0 atom stereocenters. The molecular weight excluding hydrogens is 208 g/mol. The van der Waals surface area contributed by atoms with E-state index in [1.54, 1.807) is 0 Å². The number of aromatic nitrogens is 1. The highest BCUT2D eigenvalue weighted by Gasteiger charge is 2.09. The lowest BCUT2D eigenvalue weighted by molar-refractivity contribution is 0.370. The molecule has 17 heavy (non-hydrogen) atoms. The van der Waals surface area contributed by atoms with Crippen LogP contribution in [0, 0.1) is 0 Å². The average Bonchev–Trinajstić information content (AvgIpc) is 2.39. The molecule has 2 heterocycles. The van der Waals surface area contributed by atoms with Gasteiger partial charge in [0.15, 0.2) is 0 Å². The van der Waals surface area contributed by atoms with Crippen molar-refractivity contribution in [1.29, 1.82) is 0 Å². The highest BCUT2D eigenvalue weighted by atomic mass is 15.1. The van der Waals surface area contributed by atoms with E-state index in [0.717, 1.165) is 25.0 Å². The van der Waals surface area contributed by atoms with Crippen LogP contribution in [-0.2, 0) is 0 Å². The fraction of sp³-hybridized carbons (Fsp3) is 0.267. The van der Waals surface area contributed by atoms with Gasteiger partial charge in [0.2, 0.25) is 0 Å². The Labute approximate surface area is 102 Å². The van der Waals surface area contributed by atoms with Crippen LogP contribution in [0.3, 0.4) is 0 Å². The van der Waals surface area contributed by atoms with Gasteiger partial charge in [-0.2, -0.15) is 0 Å². The molecular formula is C15H16N2. The number of likely N-dealkylation sites (N-methyl/N-ethyl adjacent to an activating group) is 1. The van der Waals surface area contributed by atoms with Crippen LogP contribution in [0.4, 0.5) is 0 Å². The van der Waals surface area contributed by atoms with Gasteiger partial charge in [0.05, 0.1) is 5.52 Å². The Balaban J connectivity index is 2.01. The van der Waals surface area contributed by atoms with E-state index in [2.05, 4.69) is 47.3 Å². The molecule has 0 bridgehead atoms. The van der Waals surface area contributed by atoms with Crippen molar-refractivity contribution in [3.8, 4) is 0 Å². The highest BCUT2D eigenvalue weighted by Crippen LogP contribution is 2.24. The zero-order valence-corrected chi connectivity index (χ0v) is 10.1. The summed E-state index contributed by atoms with van der Waals surface area (Å²) in [6.07, 6.45) is 5.32. The Hall–Kier alpha value is -1.67. The van der Waals surface area contributed by atoms with Crippen molar-refractivity contribution in [2.24, 2.45) is 0 Å². The van der Waals surface area contributed by atoms with Gasteiger partial charge in [0.1, 0.15) is 0 Å². The Morgan fingerprint density at radius 2 is 2.18 bits per heavy atom. The Morgan fingerprint density at radius 1 is 1.24 bits per heavy atom. The van der Waals surface area contributed by atoms with Crippen molar-refractivity contribution in [1.82, 2.24) is 9.88 Å². The minimum Gasteiger partial charge on any atom is -0.302 e. The average molecular weight is 224 g/mol. The molecule has 0 spiro atoms. The number of pyridine rings is 1. The van der Waals surface area contributed by atoms with Crippen molar-refractivity contribution in [2.75, 3.05) is 20.1 Å². The van der Waals surface area contributed by atoms with Crippen LogP contribution in [0.25, 0.3) is 16.5 Å². The van der Waals surface area contributed by atoms with Crippen molar-refractivity contribution in [3.05, 3.63) is 48.2 Å². The molecule has 0 N–H and O–H groups in total. The number of hydrogen-bond acceptors (Lipinski definition) is 2. The number of benzene rings is 1. The fourth-order valence-corrected chi connectivity index (χ4v) is 2.31. The first-order valence-electron chi connectivity index (χ1n) is 6.06. The first-order chi connectivity index (χ1) is 8.33. The van der Waals surface area contributed by atoms with Crippen LogP contribution in [0.15, 0.2) is 42.6 Å². The quantitative estimate of drug-likeness (QED) is 0.740. The van der Waals surface area contributed by atoms with Crippen LogP contribution >= 0.6 is 0 Å². The van der Waals surface area contributed by atoms with Crippen LogP contribution in [0.1, 0.15) is 12.0 Å². The van der Waals surface area contributed by atoms with Gasteiger partial charge in [-0.05, 0) is 42.8 Å². The predicted molar refractivity (Wildman–Crippen MR) is 71.8 cm³/mol. The third-order valence-corrected chi connectivity index (χ3v) is 3.39. The van der Waals surface area contributed by atoms with Gasteiger partial charge in [-0.3, -0.25) is 4.98 Å². The molecule has 0 saturated carbocycles. The van der Waals surface area contributed by atoms with Crippen molar-refractivity contribution < 1.29 is 0 Å². The van der Waals surface area contributed by atoms with Gasteiger partial charge in [-0.1, -0.05) is 18.2 Å². The van der Waals surface area contributed by atoms with E-state index in [-0.39, 0.29) is 0 Å². The zero-order chi connectivity index (χ0) is 11.7. The first-order valence-corrected chi connectivity index (χ1v) is 6.06. The molecule has 2 nitrogen and oxygen atoms in total. The van der Waals surface area contributed by atoms with E-state index in [4.69, 9.17) is 0 Å². The maximum atomic E-state index is 4.35. The maximum Gasteiger partial charge on any atom is 0.0702 e. The van der Waals surface area contributed by atoms with Gasteiger partial charge in [0, 0.05) is 24.7 Å². The van der Waals surface area contributed by atoms with E-state index in [1.165, 1.54) is 16.5 Å². The Kier molecular flexibility index (Phi) is 2.65. The number of fused-ring (bicyclic) bond motifs is 1. The lowest BCUT2D eigenvalue weighted by Crippen LogP contribution is -2.23. The molecule has 3 rings (SSSR count). The van der Waals surface area contributed by atoms with Crippen LogP contribution < -0.4 is 0 Å². The SMILES string of the molecule is CN1CC=C(c2ccc3ncccc3c2)CC1. The predicted octanol–water partition coefficient (Wildman–Crippen LogP) is 2.95. The lowest BCUT2D eigenvalue weighted by Gasteiger charge is -2.22. The van der Waals surface area contributed by atoms with E-state index < -0.39 is 0 Å². The summed E-state index contributed by atoms with van der Waals surface area (Å²) in [6, 6.07) is 10.7. The van der Waals surface area contributed by atoms with E-state index >= 15 is 0 Å². The molecule has 0 aliphatic carbocycles. The number of hydrogen-bond donors (Lipinski definition) is 0. The minimum atomic E-state index is 1.06. The normalized spacial score (nSPS) is 17.1. The summed E-state index contributed by atoms with van der Waals surface area (Å²) in [5.41, 5.74) is 3.89. The number of rotatable bonds is 1. The maximum absolute atomic E-state index is 4.35. The molecule has 86 valence electrons. The second-order valence-corrected chi connectivity index (χ2v) is 4.65. The summed E-state index contributed by atoms with van der Waals surface area (Å²) in [5, 5.41) is 1.23. The smallest absolute Gasteiger partial charge is 0.0702 e. The van der Waals surface area contributed by atoms with Crippen molar-refractivity contribution in [3.63, 3.8) is 0 Å². The summed E-state index contributed by atoms with van der Waals surface area (Å²) in [5.74, 6) is 0. The summed E-state index contributed by atoms with van der Waals surface area (Å²) < 4.78 is 0. The lowest BCUT2D eigenvalue weighted by atomic mass is 9.98. The topological polar surface area (TPSA) is 16.1 Å². The molecule has 1 aliphatic heterocycles. The highest BCUT2D eigenvalue weighted by molar-refractivity contribution is 5.83. The minimum absolute atomic E-state index is 1.06. The van der Waals surface area contributed by atoms with Gasteiger partial charge in [-0.25, -0.2) is 0 Å². The van der Waals surface area contributed by atoms with Gasteiger partial charge in [0.25, 0.3) is 0 Å². The first kappa shape index (κ1) is 10.5. The van der Waals surface area contributed by atoms with Gasteiger partial charge < -0.3 is 4.90 Å². The molecule has 0 unspecified atom stereocenters. The zero-order valence-electron chi connectivity index (χ0n) is 10.1. The van der Waals surface area contributed by atoms with E-state index in [1.807, 2.05) is 12.3 Å². The second kappa shape index (κ2) is 4.30. The third kappa shape index (κ3) is 2.08. The summed E-state index contributed by atoms with van der Waals surface area (Å²) in [7, 11) is 2.16. The largest absolute Gasteiger partial charge is 0.302 e. The van der Waals surface area contributed by atoms with Crippen LogP contribution in [-0.4, -0.2) is 30.0 Å². The molecule has 0 fully saturated rings. The van der Waals surface area contributed by atoms with Crippen LogP contribution in [0.2, 0.25) is 0 Å². The fourth-order valence-electron chi connectivity index (χ4n) is 2.31. The molecule has 0 amide bonds. The molecule has 1 aliphatic rings. The second-order valence-electron chi connectivity index (χ2n) is 4.65. The van der Waals surface area contributed by atoms with Gasteiger partial charge in [-0.15, -0.1) is 0 Å². The molecule has 1 aromatic heterocycles. The Bertz CT molecular complexity index is 572. The Morgan fingerprint density at radius 3 is 3.00 bits per heavy atom. The van der Waals surface area contributed by atoms with Crippen LogP contribution in [0.5, 0.6) is 0 Å². The molecule has 0 saturated heterocycles. The van der Waals surface area contributed by atoms with Crippen molar-refractivity contribution >= 4 is 16.5 Å². The standard InChI is InChI=1S/C15H16N2/c1-17-9-6-12(7-10-17)13-4-5-15-14(11-13)3-2-8-16-15/h2-6,8,11H,7,9-10H2,1H3. The summed E-state index contributed by atoms with van der Waals surface area (Å²) in [4.78, 5) is 6.69. The summed E-state index contributed by atoms with van der Waals surface area (Å²) in [6.45, 7) is 2.21. The molecule has 1 aromatic carbocycles. The monoisotopic (exact) mass is 224 g/mol. The van der Waals surface area contributed by atoms with Crippen molar-refractivity contribution in [2.45, 2.75) is 6.42 Å². The summed E-state index contributed by atoms with van der Waals surface area (Å²) >= 11 is 0. The molecule has 0 radical (unpaired) electrons. The third-order valence-electron chi connectivity index (χ3n) is 3.39. The van der Waals surface area contributed by atoms with E-state index in [9.17, 15) is 0 Å². The number of nitrogens with zero attached hydrogens (tertiary/aromatic N) is 2. The van der Waals surface area contributed by atoms with Gasteiger partial charge >= 0.3 is 0 Å². The molecule has 2 aromatic rings. The molecule has 2 heteroatoms. The van der Waals surface area contributed by atoms with E-state index in [0.29, 0.717) is 0 Å².